The van der Waals surface area contributed by atoms with Crippen molar-refractivity contribution in [2.75, 3.05) is 7.05 Å². The molecule has 0 radical (unpaired) electrons. The zero-order valence-electron chi connectivity index (χ0n) is 9.39. The van der Waals surface area contributed by atoms with Crippen molar-refractivity contribution in [3.63, 3.8) is 0 Å². The lowest BCUT2D eigenvalue weighted by atomic mass is 9.79. The summed E-state index contributed by atoms with van der Waals surface area (Å²) in [4.78, 5) is 0. The number of aryl methyl sites for hydroxylation is 1. The molecular weight excluding hydrogens is 206 g/mol. The van der Waals surface area contributed by atoms with Crippen molar-refractivity contribution in [1.82, 2.24) is 5.32 Å². The van der Waals surface area contributed by atoms with Crippen LogP contribution in [-0.2, 0) is 6.42 Å². The van der Waals surface area contributed by atoms with Gasteiger partial charge in [0.25, 0.3) is 0 Å². The Morgan fingerprint density at radius 3 is 3.00 bits per heavy atom. The van der Waals surface area contributed by atoms with Gasteiger partial charge in [-0.1, -0.05) is 17.7 Å². The molecule has 0 aliphatic heterocycles. The van der Waals surface area contributed by atoms with Crippen LogP contribution in [0.25, 0.3) is 0 Å². The van der Waals surface area contributed by atoms with E-state index in [9.17, 15) is 0 Å². The van der Waals surface area contributed by atoms with Gasteiger partial charge in [-0.3, -0.25) is 0 Å². The molecule has 2 atom stereocenters. The molecule has 1 N–H and O–H groups in total. The summed E-state index contributed by atoms with van der Waals surface area (Å²) in [6.07, 6.45) is 3.75. The average Bonchev–Trinajstić information content (AvgIpc) is 2.26. The fourth-order valence-corrected chi connectivity index (χ4v) is 2.74. The second-order valence-corrected chi connectivity index (χ2v) is 4.86. The number of benzene rings is 1. The molecule has 0 fully saturated rings. The standard InChI is InChI=1S/C13H18ClN/c1-9(15-2)12-5-3-4-10-8-11(14)6-7-13(10)12/h6-9,12,15H,3-5H2,1-2H3. The molecular formula is C13H18ClN. The minimum absolute atomic E-state index is 0.547. The summed E-state index contributed by atoms with van der Waals surface area (Å²) >= 11 is 6.02. The maximum atomic E-state index is 6.02. The highest BCUT2D eigenvalue weighted by Gasteiger charge is 2.24. The van der Waals surface area contributed by atoms with Crippen molar-refractivity contribution >= 4 is 11.6 Å². The first kappa shape index (κ1) is 11.0. The predicted molar refractivity (Wildman–Crippen MR) is 65.7 cm³/mol. The number of hydrogen-bond donors (Lipinski definition) is 1. The van der Waals surface area contributed by atoms with Crippen molar-refractivity contribution in [1.29, 1.82) is 0 Å². The summed E-state index contributed by atoms with van der Waals surface area (Å²) in [6, 6.07) is 6.90. The molecule has 2 heteroatoms. The Labute approximate surface area is 96.8 Å². The van der Waals surface area contributed by atoms with Crippen molar-refractivity contribution < 1.29 is 0 Å². The molecule has 0 saturated heterocycles. The fourth-order valence-electron chi connectivity index (χ4n) is 2.54. The third-order valence-corrected chi connectivity index (χ3v) is 3.76. The van der Waals surface area contributed by atoms with Crippen molar-refractivity contribution in [2.24, 2.45) is 0 Å². The summed E-state index contributed by atoms with van der Waals surface area (Å²) in [5.74, 6) is 0.649. The zero-order valence-corrected chi connectivity index (χ0v) is 10.1. The molecule has 0 bridgehead atoms. The lowest BCUT2D eigenvalue weighted by Gasteiger charge is -2.30. The highest BCUT2D eigenvalue weighted by Crippen LogP contribution is 2.35. The topological polar surface area (TPSA) is 12.0 Å². The van der Waals surface area contributed by atoms with Crippen LogP contribution in [0, 0.1) is 0 Å². The Kier molecular flexibility index (Phi) is 3.32. The number of likely N-dealkylation sites (N-methyl/N-ethyl adjacent to an activating group) is 1. The first-order valence-electron chi connectivity index (χ1n) is 5.68. The van der Waals surface area contributed by atoms with Gasteiger partial charge in [-0.2, -0.15) is 0 Å². The van der Waals surface area contributed by atoms with Gasteiger partial charge in [0.15, 0.2) is 0 Å². The van der Waals surface area contributed by atoms with Crippen LogP contribution in [0.5, 0.6) is 0 Å². The summed E-state index contributed by atoms with van der Waals surface area (Å²) in [7, 11) is 2.04. The van der Waals surface area contributed by atoms with Crippen LogP contribution in [0.3, 0.4) is 0 Å². The normalized spacial score (nSPS) is 22.2. The third kappa shape index (κ3) is 2.19. The Hall–Kier alpha value is -0.530. The smallest absolute Gasteiger partial charge is 0.0408 e. The van der Waals surface area contributed by atoms with E-state index in [1.54, 1.807) is 0 Å². The monoisotopic (exact) mass is 223 g/mol. The molecule has 0 saturated carbocycles. The maximum absolute atomic E-state index is 6.02. The van der Waals surface area contributed by atoms with E-state index in [4.69, 9.17) is 11.6 Å². The SMILES string of the molecule is CNC(C)C1CCCc2cc(Cl)ccc21. The number of nitrogens with one attached hydrogen (secondary N) is 1. The average molecular weight is 224 g/mol. The van der Waals surface area contributed by atoms with Gasteiger partial charge in [-0.25, -0.2) is 0 Å². The zero-order chi connectivity index (χ0) is 10.8. The van der Waals surface area contributed by atoms with Gasteiger partial charge in [-0.15, -0.1) is 0 Å². The largest absolute Gasteiger partial charge is 0.317 e. The van der Waals surface area contributed by atoms with E-state index in [0.29, 0.717) is 12.0 Å². The third-order valence-electron chi connectivity index (χ3n) is 3.52. The number of hydrogen-bond acceptors (Lipinski definition) is 1. The van der Waals surface area contributed by atoms with E-state index in [-0.39, 0.29) is 0 Å². The molecule has 2 unspecified atom stereocenters. The van der Waals surface area contributed by atoms with Crippen molar-refractivity contribution in [3.8, 4) is 0 Å². The molecule has 15 heavy (non-hydrogen) atoms. The van der Waals surface area contributed by atoms with Crippen molar-refractivity contribution in [2.45, 2.75) is 38.1 Å². The summed E-state index contributed by atoms with van der Waals surface area (Å²) in [5, 5.41) is 4.22. The van der Waals surface area contributed by atoms with Crippen LogP contribution < -0.4 is 5.32 Å². The minimum Gasteiger partial charge on any atom is -0.317 e. The van der Waals surface area contributed by atoms with Crippen LogP contribution in [-0.4, -0.2) is 13.1 Å². The van der Waals surface area contributed by atoms with Crippen molar-refractivity contribution in [3.05, 3.63) is 34.3 Å². The lowest BCUT2D eigenvalue weighted by molar-refractivity contribution is 0.437. The van der Waals surface area contributed by atoms with Crippen LogP contribution in [0.1, 0.15) is 36.8 Å². The van der Waals surface area contributed by atoms with E-state index in [2.05, 4.69) is 24.4 Å². The molecule has 1 nitrogen and oxygen atoms in total. The summed E-state index contributed by atoms with van der Waals surface area (Å²) in [5.41, 5.74) is 2.94. The molecule has 1 aliphatic carbocycles. The van der Waals surface area contributed by atoms with E-state index >= 15 is 0 Å². The number of rotatable bonds is 2. The van der Waals surface area contributed by atoms with E-state index in [1.165, 1.54) is 30.4 Å². The Bertz CT molecular complexity index is 348. The van der Waals surface area contributed by atoms with Gasteiger partial charge < -0.3 is 5.32 Å². The molecule has 0 aromatic heterocycles. The van der Waals surface area contributed by atoms with Gasteiger partial charge in [0.2, 0.25) is 0 Å². The summed E-state index contributed by atoms with van der Waals surface area (Å²) in [6.45, 7) is 2.26. The van der Waals surface area contributed by atoms with E-state index in [1.807, 2.05) is 13.1 Å². The summed E-state index contributed by atoms with van der Waals surface area (Å²) < 4.78 is 0. The van der Waals surface area contributed by atoms with Crippen LogP contribution in [0.15, 0.2) is 18.2 Å². The second kappa shape index (κ2) is 4.54. The van der Waals surface area contributed by atoms with Gasteiger partial charge in [0.1, 0.15) is 0 Å². The molecule has 0 spiro atoms. The van der Waals surface area contributed by atoms with Gasteiger partial charge in [0, 0.05) is 11.1 Å². The Morgan fingerprint density at radius 1 is 1.47 bits per heavy atom. The Morgan fingerprint density at radius 2 is 2.27 bits per heavy atom. The first-order valence-corrected chi connectivity index (χ1v) is 6.05. The molecule has 1 aromatic carbocycles. The molecule has 0 amide bonds. The van der Waals surface area contributed by atoms with E-state index in [0.717, 1.165) is 5.02 Å². The lowest BCUT2D eigenvalue weighted by Crippen LogP contribution is -2.31. The van der Waals surface area contributed by atoms with Gasteiger partial charge in [-0.05, 0) is 62.4 Å². The second-order valence-electron chi connectivity index (χ2n) is 4.42. The highest BCUT2D eigenvalue weighted by molar-refractivity contribution is 6.30. The molecule has 82 valence electrons. The Balaban J connectivity index is 2.34. The number of halogens is 1. The molecule has 1 aliphatic rings. The van der Waals surface area contributed by atoms with Crippen LogP contribution in [0.4, 0.5) is 0 Å². The fraction of sp³-hybridized carbons (Fsp3) is 0.538. The van der Waals surface area contributed by atoms with E-state index < -0.39 is 0 Å². The minimum atomic E-state index is 0.547. The molecule has 2 rings (SSSR count). The van der Waals surface area contributed by atoms with Crippen LogP contribution in [0.2, 0.25) is 5.02 Å². The number of fused-ring (bicyclic) bond motifs is 1. The predicted octanol–water partition coefficient (Wildman–Crippen LogP) is 3.37. The molecule has 0 heterocycles. The first-order chi connectivity index (χ1) is 7.22. The highest BCUT2D eigenvalue weighted by atomic mass is 35.5. The van der Waals surface area contributed by atoms with Gasteiger partial charge in [0.05, 0.1) is 0 Å². The van der Waals surface area contributed by atoms with Gasteiger partial charge >= 0.3 is 0 Å². The van der Waals surface area contributed by atoms with Crippen LogP contribution >= 0.6 is 11.6 Å². The quantitative estimate of drug-likeness (QED) is 0.811. The maximum Gasteiger partial charge on any atom is 0.0408 e. The molecule has 1 aromatic rings.